The predicted octanol–water partition coefficient (Wildman–Crippen LogP) is 2.96. The molecule has 1 aromatic carbocycles. The van der Waals surface area contributed by atoms with Crippen molar-refractivity contribution in [2.24, 2.45) is 5.73 Å². The number of hydrogen-bond acceptors (Lipinski definition) is 3. The Balaban J connectivity index is 1.92. The van der Waals surface area contributed by atoms with E-state index in [2.05, 4.69) is 17.0 Å². The van der Waals surface area contributed by atoms with Crippen LogP contribution < -0.4 is 10.5 Å². The van der Waals surface area contributed by atoms with Gasteiger partial charge in [0, 0.05) is 12.6 Å². The lowest BCUT2D eigenvalue weighted by Crippen LogP contribution is -2.34. The van der Waals surface area contributed by atoms with E-state index in [1.807, 2.05) is 12.1 Å². The van der Waals surface area contributed by atoms with Gasteiger partial charge in [-0.3, -0.25) is 0 Å². The fourth-order valence-electron chi connectivity index (χ4n) is 2.75. The summed E-state index contributed by atoms with van der Waals surface area (Å²) in [5.41, 5.74) is 7.51. The van der Waals surface area contributed by atoms with Gasteiger partial charge in [0.25, 0.3) is 0 Å². The van der Waals surface area contributed by atoms with E-state index in [1.165, 1.54) is 50.8 Å². The summed E-state index contributed by atoms with van der Waals surface area (Å²) in [6.45, 7) is 3.34. The van der Waals surface area contributed by atoms with Gasteiger partial charge in [-0.25, -0.2) is 0 Å². The van der Waals surface area contributed by atoms with Crippen molar-refractivity contribution in [2.45, 2.75) is 38.1 Å². The number of hydrogen-bond donors (Lipinski definition) is 1. The fraction of sp³-hybridized carbons (Fsp3) is 0.625. The first kappa shape index (κ1) is 14.4. The number of benzene rings is 1. The summed E-state index contributed by atoms with van der Waals surface area (Å²) in [7, 11) is 1.70. The average Bonchev–Trinajstić information content (AvgIpc) is 2.41. The number of ether oxygens (including phenoxy) is 1. The molecule has 1 unspecified atom stereocenters. The highest BCUT2D eigenvalue weighted by molar-refractivity contribution is 5.30. The molecule has 0 aliphatic carbocycles. The SMILES string of the molecule is COc1cccc(C(N)CN2CCCCCCC2)c1. The number of methoxy groups -OCH3 is 1. The van der Waals surface area contributed by atoms with E-state index in [-0.39, 0.29) is 6.04 Å². The minimum Gasteiger partial charge on any atom is -0.497 e. The maximum atomic E-state index is 6.34. The molecule has 19 heavy (non-hydrogen) atoms. The zero-order valence-electron chi connectivity index (χ0n) is 12.0. The van der Waals surface area contributed by atoms with Gasteiger partial charge in [-0.15, -0.1) is 0 Å². The summed E-state index contributed by atoms with van der Waals surface area (Å²) in [5, 5.41) is 0. The second kappa shape index (κ2) is 7.51. The van der Waals surface area contributed by atoms with Crippen molar-refractivity contribution in [2.75, 3.05) is 26.7 Å². The number of nitrogens with two attached hydrogens (primary N) is 1. The Hall–Kier alpha value is -1.06. The standard InChI is InChI=1S/C16H26N2O/c1-19-15-9-7-8-14(12-15)16(17)13-18-10-5-3-2-4-6-11-18/h7-9,12,16H,2-6,10-11,13,17H2,1H3. The maximum Gasteiger partial charge on any atom is 0.119 e. The third kappa shape index (κ3) is 4.51. The van der Waals surface area contributed by atoms with Crippen molar-refractivity contribution < 1.29 is 4.74 Å². The number of likely N-dealkylation sites (tertiary alicyclic amines) is 1. The van der Waals surface area contributed by atoms with Gasteiger partial charge in [-0.1, -0.05) is 31.4 Å². The van der Waals surface area contributed by atoms with E-state index in [0.29, 0.717) is 0 Å². The molecule has 3 nitrogen and oxygen atoms in total. The van der Waals surface area contributed by atoms with Gasteiger partial charge < -0.3 is 15.4 Å². The van der Waals surface area contributed by atoms with Crippen LogP contribution in [-0.4, -0.2) is 31.6 Å². The second-order valence-corrected chi connectivity index (χ2v) is 5.45. The summed E-state index contributed by atoms with van der Waals surface area (Å²) in [4.78, 5) is 2.52. The summed E-state index contributed by atoms with van der Waals surface area (Å²) in [5.74, 6) is 0.889. The first-order valence-corrected chi connectivity index (χ1v) is 7.41. The maximum absolute atomic E-state index is 6.34. The van der Waals surface area contributed by atoms with E-state index < -0.39 is 0 Å². The van der Waals surface area contributed by atoms with Gasteiger partial charge in [0.15, 0.2) is 0 Å². The molecule has 0 spiro atoms. The Morgan fingerprint density at radius 2 is 1.84 bits per heavy atom. The summed E-state index contributed by atoms with van der Waals surface area (Å²) < 4.78 is 5.26. The molecule has 0 saturated carbocycles. The van der Waals surface area contributed by atoms with Crippen molar-refractivity contribution >= 4 is 0 Å². The molecule has 0 amide bonds. The van der Waals surface area contributed by atoms with Crippen LogP contribution in [0.1, 0.15) is 43.7 Å². The Kier molecular flexibility index (Phi) is 5.67. The molecule has 2 rings (SSSR count). The second-order valence-electron chi connectivity index (χ2n) is 5.45. The lowest BCUT2D eigenvalue weighted by molar-refractivity contribution is 0.234. The monoisotopic (exact) mass is 262 g/mol. The number of rotatable bonds is 4. The molecule has 1 atom stereocenters. The van der Waals surface area contributed by atoms with Gasteiger partial charge in [0.1, 0.15) is 5.75 Å². The van der Waals surface area contributed by atoms with E-state index in [1.54, 1.807) is 7.11 Å². The zero-order chi connectivity index (χ0) is 13.5. The van der Waals surface area contributed by atoms with E-state index >= 15 is 0 Å². The first-order chi connectivity index (χ1) is 9.29. The predicted molar refractivity (Wildman–Crippen MR) is 79.4 cm³/mol. The molecule has 0 radical (unpaired) electrons. The van der Waals surface area contributed by atoms with E-state index in [9.17, 15) is 0 Å². The molecule has 0 aromatic heterocycles. The molecule has 1 fully saturated rings. The van der Waals surface area contributed by atoms with Crippen LogP contribution >= 0.6 is 0 Å². The minimum absolute atomic E-state index is 0.0783. The van der Waals surface area contributed by atoms with Gasteiger partial charge in [0.05, 0.1) is 7.11 Å². The smallest absolute Gasteiger partial charge is 0.119 e. The molecule has 1 aliphatic rings. The Morgan fingerprint density at radius 3 is 2.53 bits per heavy atom. The topological polar surface area (TPSA) is 38.5 Å². The zero-order valence-corrected chi connectivity index (χ0v) is 12.0. The van der Waals surface area contributed by atoms with Crippen LogP contribution in [0.5, 0.6) is 5.75 Å². The highest BCUT2D eigenvalue weighted by Crippen LogP contribution is 2.19. The molecule has 2 N–H and O–H groups in total. The van der Waals surface area contributed by atoms with Crippen LogP contribution in [0.25, 0.3) is 0 Å². The highest BCUT2D eigenvalue weighted by Gasteiger charge is 2.14. The molecular weight excluding hydrogens is 236 g/mol. The summed E-state index contributed by atoms with van der Waals surface area (Å²) in [6.07, 6.45) is 6.75. The largest absolute Gasteiger partial charge is 0.497 e. The molecule has 3 heteroatoms. The minimum atomic E-state index is 0.0783. The molecule has 1 aliphatic heterocycles. The quantitative estimate of drug-likeness (QED) is 0.906. The van der Waals surface area contributed by atoms with Crippen molar-refractivity contribution in [3.63, 3.8) is 0 Å². The molecule has 1 saturated heterocycles. The Labute approximate surface area is 116 Å². The van der Waals surface area contributed by atoms with Crippen LogP contribution in [0.15, 0.2) is 24.3 Å². The first-order valence-electron chi connectivity index (χ1n) is 7.41. The van der Waals surface area contributed by atoms with Crippen molar-refractivity contribution in [3.8, 4) is 5.75 Å². The van der Waals surface area contributed by atoms with Gasteiger partial charge in [-0.05, 0) is 43.6 Å². The van der Waals surface area contributed by atoms with Crippen molar-refractivity contribution in [1.29, 1.82) is 0 Å². The third-order valence-electron chi connectivity index (χ3n) is 3.93. The Morgan fingerprint density at radius 1 is 1.16 bits per heavy atom. The summed E-state index contributed by atoms with van der Waals surface area (Å²) >= 11 is 0. The van der Waals surface area contributed by atoms with Gasteiger partial charge in [-0.2, -0.15) is 0 Å². The van der Waals surface area contributed by atoms with Crippen LogP contribution in [0.3, 0.4) is 0 Å². The van der Waals surface area contributed by atoms with Gasteiger partial charge in [0.2, 0.25) is 0 Å². The van der Waals surface area contributed by atoms with Crippen LogP contribution in [-0.2, 0) is 0 Å². The summed E-state index contributed by atoms with van der Waals surface area (Å²) in [6, 6.07) is 8.20. The van der Waals surface area contributed by atoms with Crippen LogP contribution in [0.4, 0.5) is 0 Å². The third-order valence-corrected chi connectivity index (χ3v) is 3.93. The lowest BCUT2D eigenvalue weighted by atomic mass is 10.0. The lowest BCUT2D eigenvalue weighted by Gasteiger charge is -2.27. The van der Waals surface area contributed by atoms with Crippen LogP contribution in [0.2, 0.25) is 0 Å². The highest BCUT2D eigenvalue weighted by atomic mass is 16.5. The normalized spacial score (nSPS) is 19.5. The molecule has 1 aromatic rings. The number of nitrogens with zero attached hydrogens (tertiary/aromatic N) is 1. The average molecular weight is 262 g/mol. The fourth-order valence-corrected chi connectivity index (χ4v) is 2.75. The molecule has 106 valence electrons. The molecule has 1 heterocycles. The molecule has 0 bridgehead atoms. The van der Waals surface area contributed by atoms with Crippen molar-refractivity contribution in [3.05, 3.63) is 29.8 Å². The van der Waals surface area contributed by atoms with E-state index in [0.717, 1.165) is 12.3 Å². The Bertz CT molecular complexity index is 373. The van der Waals surface area contributed by atoms with Crippen LogP contribution in [0, 0.1) is 0 Å². The molecular formula is C16H26N2O. The van der Waals surface area contributed by atoms with E-state index in [4.69, 9.17) is 10.5 Å². The van der Waals surface area contributed by atoms with Crippen molar-refractivity contribution in [1.82, 2.24) is 4.90 Å². The van der Waals surface area contributed by atoms with Gasteiger partial charge >= 0.3 is 0 Å².